The van der Waals surface area contributed by atoms with Crippen LogP contribution in [0.5, 0.6) is 0 Å². The predicted molar refractivity (Wildman–Crippen MR) is 132 cm³/mol. The Kier molecular flexibility index (Phi) is 7.12. The third kappa shape index (κ3) is 4.73. The van der Waals surface area contributed by atoms with Gasteiger partial charge in [-0.05, 0) is 75.4 Å². The van der Waals surface area contributed by atoms with Crippen LogP contribution in [0.3, 0.4) is 0 Å². The molecule has 0 bridgehead atoms. The molecule has 1 unspecified atom stereocenters. The summed E-state index contributed by atoms with van der Waals surface area (Å²) in [5, 5.41) is 0.826. The summed E-state index contributed by atoms with van der Waals surface area (Å²) in [5.74, 6) is 1.13. The van der Waals surface area contributed by atoms with Gasteiger partial charge in [-0.15, -0.1) is 12.4 Å². The summed E-state index contributed by atoms with van der Waals surface area (Å²) < 4.78 is 0. The highest BCUT2D eigenvalue weighted by Crippen LogP contribution is 2.42. The number of rotatable bonds is 4. The van der Waals surface area contributed by atoms with Crippen LogP contribution in [0, 0.1) is 0 Å². The molecule has 3 fully saturated rings. The Labute approximate surface area is 198 Å². The molecule has 168 valence electrons. The first-order valence-electron chi connectivity index (χ1n) is 11.5. The van der Waals surface area contributed by atoms with Gasteiger partial charge in [0.1, 0.15) is 5.82 Å². The highest BCUT2D eigenvalue weighted by molar-refractivity contribution is 6.30. The SMILES string of the molecule is CN1CC(Cc2ccc(Cl)cc2)N(C2CCN(c3ccccn3)CC2)CC12CCC2.Cl. The number of anilines is 1. The molecule has 1 spiro atoms. The fourth-order valence-corrected chi connectivity index (χ4v) is 5.92. The number of hydrogen-bond acceptors (Lipinski definition) is 4. The van der Waals surface area contributed by atoms with Gasteiger partial charge in [0.15, 0.2) is 0 Å². The lowest BCUT2D eigenvalue weighted by molar-refractivity contribution is -0.0823. The third-order valence-electron chi connectivity index (χ3n) is 7.82. The Morgan fingerprint density at radius 2 is 1.81 bits per heavy atom. The van der Waals surface area contributed by atoms with Crippen molar-refractivity contribution in [1.82, 2.24) is 14.8 Å². The fraction of sp³-hybridized carbons (Fsp3) is 0.560. The number of benzene rings is 1. The number of hydrogen-bond donors (Lipinski definition) is 0. The Bertz CT molecular complexity index is 832. The first kappa shape index (κ1) is 22.8. The zero-order valence-electron chi connectivity index (χ0n) is 18.4. The first-order chi connectivity index (χ1) is 14.6. The van der Waals surface area contributed by atoms with E-state index in [1.807, 2.05) is 24.4 Å². The lowest BCUT2D eigenvalue weighted by Crippen LogP contribution is -2.69. The van der Waals surface area contributed by atoms with Crippen LogP contribution in [-0.4, -0.2) is 65.6 Å². The highest BCUT2D eigenvalue weighted by Gasteiger charge is 2.48. The van der Waals surface area contributed by atoms with Gasteiger partial charge in [-0.2, -0.15) is 0 Å². The van der Waals surface area contributed by atoms with Crippen LogP contribution >= 0.6 is 24.0 Å². The van der Waals surface area contributed by atoms with Gasteiger partial charge in [0.2, 0.25) is 0 Å². The van der Waals surface area contributed by atoms with Gasteiger partial charge in [-0.1, -0.05) is 29.8 Å². The molecule has 0 radical (unpaired) electrons. The van der Waals surface area contributed by atoms with Gasteiger partial charge in [0, 0.05) is 55.0 Å². The molecule has 2 saturated heterocycles. The quantitative estimate of drug-likeness (QED) is 0.646. The van der Waals surface area contributed by atoms with Gasteiger partial charge in [0.05, 0.1) is 0 Å². The van der Waals surface area contributed by atoms with E-state index in [1.165, 1.54) is 50.8 Å². The van der Waals surface area contributed by atoms with E-state index >= 15 is 0 Å². The molecule has 0 amide bonds. The summed E-state index contributed by atoms with van der Waals surface area (Å²) in [6.07, 6.45) is 9.59. The van der Waals surface area contributed by atoms with E-state index in [1.54, 1.807) is 0 Å². The molecule has 4 nitrogen and oxygen atoms in total. The average Bonchev–Trinajstić information content (AvgIpc) is 2.75. The number of nitrogens with zero attached hydrogens (tertiary/aromatic N) is 4. The normalized spacial score (nSPS) is 24.6. The van der Waals surface area contributed by atoms with E-state index < -0.39 is 0 Å². The minimum atomic E-state index is 0. The summed E-state index contributed by atoms with van der Waals surface area (Å²) in [4.78, 5) is 12.6. The monoisotopic (exact) mass is 460 g/mol. The second-order valence-corrected chi connectivity index (χ2v) is 9.96. The maximum atomic E-state index is 6.13. The molecule has 1 atom stereocenters. The van der Waals surface area contributed by atoms with Gasteiger partial charge in [-0.3, -0.25) is 9.80 Å². The maximum Gasteiger partial charge on any atom is 0.128 e. The Morgan fingerprint density at radius 3 is 2.42 bits per heavy atom. The van der Waals surface area contributed by atoms with Crippen LogP contribution in [0.25, 0.3) is 0 Å². The van der Waals surface area contributed by atoms with Crippen LogP contribution < -0.4 is 4.90 Å². The van der Waals surface area contributed by atoms with Crippen molar-refractivity contribution in [3.05, 3.63) is 59.2 Å². The Balaban J connectivity index is 0.00000231. The molecule has 0 N–H and O–H groups in total. The van der Waals surface area contributed by atoms with E-state index in [2.05, 4.69) is 51.0 Å². The second kappa shape index (κ2) is 9.66. The summed E-state index contributed by atoms with van der Waals surface area (Å²) in [6.45, 7) is 4.61. The van der Waals surface area contributed by atoms with E-state index in [0.717, 1.165) is 30.4 Å². The standard InChI is InChI=1S/C25H33ClN4.ClH/c1-28-18-23(17-20-6-8-21(26)9-7-20)30(19-25(28)12-4-13-25)22-10-15-29(16-11-22)24-5-2-3-14-27-24;/h2-3,5-9,14,22-23H,4,10-13,15-19H2,1H3;1H. The molecular formula is C25H34Cl2N4. The minimum Gasteiger partial charge on any atom is -0.357 e. The molecule has 1 aliphatic carbocycles. The van der Waals surface area contributed by atoms with E-state index in [9.17, 15) is 0 Å². The van der Waals surface area contributed by atoms with Crippen molar-refractivity contribution in [1.29, 1.82) is 0 Å². The second-order valence-electron chi connectivity index (χ2n) is 9.52. The van der Waals surface area contributed by atoms with Crippen LogP contribution in [0.15, 0.2) is 48.7 Å². The van der Waals surface area contributed by atoms with Crippen molar-refractivity contribution in [3.8, 4) is 0 Å². The van der Waals surface area contributed by atoms with Crippen molar-refractivity contribution < 1.29 is 0 Å². The number of aromatic nitrogens is 1. The molecule has 31 heavy (non-hydrogen) atoms. The number of pyridine rings is 1. The molecule has 1 aromatic heterocycles. The molecule has 5 rings (SSSR count). The van der Waals surface area contributed by atoms with Crippen LogP contribution in [0.2, 0.25) is 5.02 Å². The molecule has 6 heteroatoms. The first-order valence-corrected chi connectivity index (χ1v) is 11.9. The van der Waals surface area contributed by atoms with Crippen molar-refractivity contribution in [2.24, 2.45) is 0 Å². The average molecular weight is 461 g/mol. The molecular weight excluding hydrogens is 427 g/mol. The van der Waals surface area contributed by atoms with Gasteiger partial charge < -0.3 is 4.90 Å². The van der Waals surface area contributed by atoms with Crippen LogP contribution in [-0.2, 0) is 6.42 Å². The topological polar surface area (TPSA) is 22.6 Å². The largest absolute Gasteiger partial charge is 0.357 e. The molecule has 3 heterocycles. The predicted octanol–water partition coefficient (Wildman–Crippen LogP) is 4.91. The lowest BCUT2D eigenvalue weighted by Gasteiger charge is -2.59. The molecule has 2 aromatic rings. The maximum absolute atomic E-state index is 6.13. The molecule has 1 saturated carbocycles. The molecule has 3 aliphatic rings. The lowest BCUT2D eigenvalue weighted by atomic mass is 9.72. The van der Waals surface area contributed by atoms with Crippen molar-refractivity contribution in [2.75, 3.05) is 38.1 Å². The summed E-state index contributed by atoms with van der Waals surface area (Å²) in [7, 11) is 2.36. The number of piperazine rings is 1. The fourth-order valence-electron chi connectivity index (χ4n) is 5.80. The number of piperidine rings is 1. The van der Waals surface area contributed by atoms with Gasteiger partial charge in [0.25, 0.3) is 0 Å². The van der Waals surface area contributed by atoms with Gasteiger partial charge >= 0.3 is 0 Å². The molecule has 2 aliphatic heterocycles. The third-order valence-corrected chi connectivity index (χ3v) is 8.07. The summed E-state index contributed by atoms with van der Waals surface area (Å²) in [5.41, 5.74) is 1.83. The zero-order valence-corrected chi connectivity index (χ0v) is 20.0. The van der Waals surface area contributed by atoms with E-state index in [4.69, 9.17) is 11.6 Å². The van der Waals surface area contributed by atoms with Crippen LogP contribution in [0.4, 0.5) is 5.82 Å². The van der Waals surface area contributed by atoms with Crippen molar-refractivity contribution in [3.63, 3.8) is 0 Å². The summed E-state index contributed by atoms with van der Waals surface area (Å²) in [6, 6.07) is 16.0. The van der Waals surface area contributed by atoms with Gasteiger partial charge in [-0.25, -0.2) is 4.98 Å². The minimum absolute atomic E-state index is 0. The zero-order chi connectivity index (χ0) is 20.6. The number of halogens is 2. The van der Waals surface area contributed by atoms with Crippen LogP contribution in [0.1, 0.15) is 37.7 Å². The molecule has 1 aromatic carbocycles. The van der Waals surface area contributed by atoms with E-state index in [0.29, 0.717) is 17.6 Å². The highest BCUT2D eigenvalue weighted by atomic mass is 35.5. The van der Waals surface area contributed by atoms with Crippen molar-refractivity contribution in [2.45, 2.75) is 56.1 Å². The smallest absolute Gasteiger partial charge is 0.128 e. The van der Waals surface area contributed by atoms with Crippen molar-refractivity contribution >= 4 is 29.8 Å². The Morgan fingerprint density at radius 1 is 1.06 bits per heavy atom. The number of likely N-dealkylation sites (N-methyl/N-ethyl adjacent to an activating group) is 1. The van der Waals surface area contributed by atoms with E-state index in [-0.39, 0.29) is 12.4 Å². The Hall–Kier alpha value is -1.33. The summed E-state index contributed by atoms with van der Waals surface area (Å²) >= 11 is 6.13.